The molecular weight excluding hydrogens is 279 g/mol. The molecule has 0 radical (unpaired) electrons. The van der Waals surface area contributed by atoms with Crippen LogP contribution in [0.5, 0.6) is 5.75 Å². The molecule has 3 heteroatoms. The predicted molar refractivity (Wildman–Crippen MR) is 79.5 cm³/mol. The molecule has 0 saturated heterocycles. The van der Waals surface area contributed by atoms with Crippen molar-refractivity contribution in [3.8, 4) is 5.75 Å². The topological polar surface area (TPSA) is 9.23 Å². The van der Waals surface area contributed by atoms with Crippen molar-refractivity contribution in [1.82, 2.24) is 0 Å². The van der Waals surface area contributed by atoms with Crippen LogP contribution in [0.3, 0.4) is 0 Å². The Morgan fingerprint density at radius 1 is 1.11 bits per heavy atom. The van der Waals surface area contributed by atoms with Crippen molar-refractivity contribution in [2.24, 2.45) is 0 Å². The molecule has 1 atom stereocenters. The number of aryl methyl sites for hydroxylation is 1. The summed E-state index contributed by atoms with van der Waals surface area (Å²) in [7, 11) is 0. The number of ether oxygens (including phenoxy) is 1. The Hall–Kier alpha value is -1.18. The van der Waals surface area contributed by atoms with E-state index in [1.165, 1.54) is 5.56 Å². The van der Waals surface area contributed by atoms with Gasteiger partial charge in [-0.25, -0.2) is 0 Å². The zero-order valence-corrected chi connectivity index (χ0v) is 12.1. The minimum atomic E-state index is -0.178. The summed E-state index contributed by atoms with van der Waals surface area (Å²) in [6.45, 7) is 2.79. The molecule has 0 spiro atoms. The van der Waals surface area contributed by atoms with E-state index in [4.69, 9.17) is 27.9 Å². The van der Waals surface area contributed by atoms with Crippen molar-refractivity contribution in [1.29, 1.82) is 0 Å². The maximum atomic E-state index is 6.58. The average Bonchev–Trinajstić information content (AvgIpc) is 2.83. The molecule has 1 heterocycles. The molecule has 1 nitrogen and oxygen atoms in total. The van der Waals surface area contributed by atoms with Gasteiger partial charge in [0.05, 0.1) is 12.0 Å². The van der Waals surface area contributed by atoms with Gasteiger partial charge >= 0.3 is 0 Å². The predicted octanol–water partition coefficient (Wildman–Crippen LogP) is 4.91. The standard InChI is InChI=1S/C16H14Cl2O/c1-10-6-13(9-14(17)7-10)16(18)12-2-3-15-11(8-12)4-5-19-15/h2-3,6-9,16H,4-5H2,1H3. The molecule has 2 aromatic rings. The quantitative estimate of drug-likeness (QED) is 0.715. The molecule has 0 N–H and O–H groups in total. The van der Waals surface area contributed by atoms with E-state index in [0.717, 1.165) is 40.5 Å². The van der Waals surface area contributed by atoms with Gasteiger partial charge in [0.2, 0.25) is 0 Å². The van der Waals surface area contributed by atoms with Gasteiger partial charge in [-0.1, -0.05) is 29.8 Å². The second-order valence-electron chi connectivity index (χ2n) is 4.89. The Bertz CT molecular complexity index is 602. The van der Waals surface area contributed by atoms with Gasteiger partial charge in [0.15, 0.2) is 0 Å². The Morgan fingerprint density at radius 2 is 1.95 bits per heavy atom. The second kappa shape index (κ2) is 5.07. The summed E-state index contributed by atoms with van der Waals surface area (Å²) in [6, 6.07) is 12.1. The molecule has 98 valence electrons. The van der Waals surface area contributed by atoms with Crippen LogP contribution in [0.2, 0.25) is 5.02 Å². The summed E-state index contributed by atoms with van der Waals surface area (Å²) in [5.41, 5.74) is 4.48. The molecule has 0 fully saturated rings. The average molecular weight is 293 g/mol. The lowest BCUT2D eigenvalue weighted by Gasteiger charge is -2.13. The maximum Gasteiger partial charge on any atom is 0.122 e. The van der Waals surface area contributed by atoms with Crippen molar-refractivity contribution in [3.63, 3.8) is 0 Å². The summed E-state index contributed by atoms with van der Waals surface area (Å²) < 4.78 is 5.51. The van der Waals surface area contributed by atoms with Gasteiger partial charge in [-0.2, -0.15) is 0 Å². The van der Waals surface area contributed by atoms with Crippen LogP contribution >= 0.6 is 23.2 Å². The van der Waals surface area contributed by atoms with E-state index in [2.05, 4.69) is 12.1 Å². The first-order valence-electron chi connectivity index (χ1n) is 6.30. The Kier molecular flexibility index (Phi) is 3.42. The van der Waals surface area contributed by atoms with E-state index < -0.39 is 0 Å². The van der Waals surface area contributed by atoms with Crippen LogP contribution in [0.25, 0.3) is 0 Å². The monoisotopic (exact) mass is 292 g/mol. The molecule has 3 rings (SSSR count). The lowest BCUT2D eigenvalue weighted by Crippen LogP contribution is -1.95. The van der Waals surface area contributed by atoms with Gasteiger partial charge < -0.3 is 4.74 Å². The highest BCUT2D eigenvalue weighted by molar-refractivity contribution is 6.31. The molecule has 0 aromatic heterocycles. The summed E-state index contributed by atoms with van der Waals surface area (Å²) in [5.74, 6) is 0.981. The third-order valence-electron chi connectivity index (χ3n) is 3.36. The van der Waals surface area contributed by atoms with Crippen LogP contribution in [0, 0.1) is 6.92 Å². The molecular formula is C16H14Cl2O. The van der Waals surface area contributed by atoms with Crippen LogP contribution in [-0.4, -0.2) is 6.61 Å². The molecule has 0 saturated carbocycles. The SMILES string of the molecule is Cc1cc(Cl)cc(C(Cl)c2ccc3c(c2)CCO3)c1. The van der Waals surface area contributed by atoms with E-state index in [1.54, 1.807) is 0 Å². The molecule has 19 heavy (non-hydrogen) atoms. The zero-order chi connectivity index (χ0) is 13.4. The second-order valence-corrected chi connectivity index (χ2v) is 5.76. The summed E-state index contributed by atoms with van der Waals surface area (Å²) in [4.78, 5) is 0. The molecule has 0 aliphatic carbocycles. The van der Waals surface area contributed by atoms with E-state index in [-0.39, 0.29) is 5.38 Å². The van der Waals surface area contributed by atoms with Crippen LogP contribution in [0.4, 0.5) is 0 Å². The highest BCUT2D eigenvalue weighted by atomic mass is 35.5. The Morgan fingerprint density at radius 3 is 2.74 bits per heavy atom. The fraction of sp³-hybridized carbons (Fsp3) is 0.250. The van der Waals surface area contributed by atoms with Crippen molar-refractivity contribution in [3.05, 3.63) is 63.7 Å². The first-order chi connectivity index (χ1) is 9.13. The normalized spacial score (nSPS) is 14.9. The lowest BCUT2D eigenvalue weighted by molar-refractivity contribution is 0.357. The third-order valence-corrected chi connectivity index (χ3v) is 4.09. The molecule has 2 aromatic carbocycles. The number of hydrogen-bond acceptors (Lipinski definition) is 1. The molecule has 0 amide bonds. The Labute approximate surface area is 123 Å². The highest BCUT2D eigenvalue weighted by Crippen LogP contribution is 2.35. The highest BCUT2D eigenvalue weighted by Gasteiger charge is 2.17. The van der Waals surface area contributed by atoms with Crippen LogP contribution in [-0.2, 0) is 6.42 Å². The van der Waals surface area contributed by atoms with E-state index in [9.17, 15) is 0 Å². The van der Waals surface area contributed by atoms with E-state index in [0.29, 0.717) is 0 Å². The van der Waals surface area contributed by atoms with Gasteiger partial charge in [-0.3, -0.25) is 0 Å². The molecule has 0 bridgehead atoms. The molecule has 1 unspecified atom stereocenters. The molecule has 1 aliphatic heterocycles. The van der Waals surface area contributed by atoms with Gasteiger partial charge in [-0.15, -0.1) is 11.6 Å². The third kappa shape index (κ3) is 2.58. The molecule has 1 aliphatic rings. The smallest absolute Gasteiger partial charge is 0.122 e. The maximum absolute atomic E-state index is 6.58. The minimum Gasteiger partial charge on any atom is -0.493 e. The van der Waals surface area contributed by atoms with Crippen molar-refractivity contribution in [2.75, 3.05) is 6.61 Å². The van der Waals surface area contributed by atoms with Gasteiger partial charge in [0, 0.05) is 11.4 Å². The van der Waals surface area contributed by atoms with Crippen molar-refractivity contribution in [2.45, 2.75) is 18.7 Å². The van der Waals surface area contributed by atoms with Crippen LogP contribution in [0.1, 0.15) is 27.6 Å². The van der Waals surface area contributed by atoms with E-state index in [1.807, 2.05) is 31.2 Å². The number of rotatable bonds is 2. The van der Waals surface area contributed by atoms with Gasteiger partial charge in [-0.05, 0) is 47.4 Å². The van der Waals surface area contributed by atoms with Gasteiger partial charge in [0.1, 0.15) is 5.75 Å². The minimum absolute atomic E-state index is 0.178. The number of benzene rings is 2. The number of hydrogen-bond donors (Lipinski definition) is 0. The Balaban J connectivity index is 1.97. The number of alkyl halides is 1. The lowest BCUT2D eigenvalue weighted by atomic mass is 10.00. The summed E-state index contributed by atoms with van der Waals surface area (Å²) in [6.07, 6.45) is 0.960. The van der Waals surface area contributed by atoms with Gasteiger partial charge in [0.25, 0.3) is 0 Å². The summed E-state index contributed by atoms with van der Waals surface area (Å²) in [5, 5.41) is 0.549. The largest absolute Gasteiger partial charge is 0.493 e. The van der Waals surface area contributed by atoms with E-state index >= 15 is 0 Å². The first-order valence-corrected chi connectivity index (χ1v) is 7.12. The zero-order valence-electron chi connectivity index (χ0n) is 10.6. The number of fused-ring (bicyclic) bond motifs is 1. The summed E-state index contributed by atoms with van der Waals surface area (Å²) >= 11 is 12.7. The fourth-order valence-corrected chi connectivity index (χ4v) is 3.03. The van der Waals surface area contributed by atoms with Crippen LogP contribution in [0.15, 0.2) is 36.4 Å². The first kappa shape index (κ1) is 12.8. The van der Waals surface area contributed by atoms with Crippen molar-refractivity contribution < 1.29 is 4.74 Å². The van der Waals surface area contributed by atoms with Crippen molar-refractivity contribution >= 4 is 23.2 Å². The van der Waals surface area contributed by atoms with Crippen LogP contribution < -0.4 is 4.74 Å². The number of halogens is 2. The fourth-order valence-electron chi connectivity index (χ4n) is 2.47.